The first kappa shape index (κ1) is 26.8. The van der Waals surface area contributed by atoms with Crippen LogP contribution in [0.25, 0.3) is 0 Å². The van der Waals surface area contributed by atoms with Gasteiger partial charge in [0.05, 0.1) is 17.4 Å². The molecule has 7 heteroatoms. The van der Waals surface area contributed by atoms with Crippen molar-refractivity contribution >= 4 is 24.0 Å². The minimum Gasteiger partial charge on any atom is -0.347 e. The average molecular weight is 539 g/mol. The van der Waals surface area contributed by atoms with Crippen LogP contribution in [0, 0.1) is 0 Å². The van der Waals surface area contributed by atoms with E-state index in [9.17, 15) is 13.2 Å². The molecule has 0 bridgehead atoms. The molecule has 5 rings (SSSR count). The molecule has 0 amide bonds. The van der Waals surface area contributed by atoms with Crippen molar-refractivity contribution in [2.75, 3.05) is 11.9 Å². The van der Waals surface area contributed by atoms with E-state index < -0.39 is 19.0 Å². The maximum absolute atomic E-state index is 13.6. The van der Waals surface area contributed by atoms with Gasteiger partial charge in [0, 0.05) is 35.0 Å². The van der Waals surface area contributed by atoms with Gasteiger partial charge in [-0.15, -0.1) is 0 Å². The molecule has 1 atom stereocenters. The number of likely N-dealkylation sites (N-methyl/N-ethyl adjacent to an activating group) is 1. The van der Waals surface area contributed by atoms with E-state index in [1.165, 1.54) is 18.1 Å². The van der Waals surface area contributed by atoms with Gasteiger partial charge < -0.3 is 9.42 Å². The zero-order valence-electron chi connectivity index (χ0n) is 22.1. The van der Waals surface area contributed by atoms with Crippen molar-refractivity contribution < 1.29 is 17.7 Å². The number of rotatable bonds is 5. The molecule has 2 aliphatic rings. The first-order chi connectivity index (χ1) is 18.1. The van der Waals surface area contributed by atoms with Crippen LogP contribution < -0.4 is 10.2 Å². The smallest absolute Gasteiger partial charge is 0.347 e. The van der Waals surface area contributed by atoms with Gasteiger partial charge in [-0.1, -0.05) is 87.7 Å². The Kier molecular flexibility index (Phi) is 7.32. The number of alkyl halides is 3. The second-order valence-corrected chi connectivity index (χ2v) is 13.1. The van der Waals surface area contributed by atoms with Crippen LogP contribution in [-0.2, 0) is 16.1 Å². The fraction of sp³-hybridized carbons (Fsp3) is 0.355. The highest BCUT2D eigenvalue weighted by Crippen LogP contribution is 2.60. The van der Waals surface area contributed by atoms with Crippen LogP contribution in [0.3, 0.4) is 0 Å². The summed E-state index contributed by atoms with van der Waals surface area (Å²) in [7, 11) is -0.906. The zero-order valence-corrected chi connectivity index (χ0v) is 23.0. The number of hydrogen-bond acceptors (Lipinski definition) is 3. The fourth-order valence-electron chi connectivity index (χ4n) is 5.63. The monoisotopic (exact) mass is 538 g/mol. The lowest BCUT2D eigenvalue weighted by atomic mass is 9.84. The third kappa shape index (κ3) is 5.21. The van der Waals surface area contributed by atoms with E-state index in [1.54, 1.807) is 6.07 Å². The van der Waals surface area contributed by atoms with Crippen molar-refractivity contribution in [2.24, 2.45) is 4.74 Å². The summed E-state index contributed by atoms with van der Waals surface area (Å²) < 4.78 is 53.1. The first-order valence-corrected chi connectivity index (χ1v) is 14.9. The van der Waals surface area contributed by atoms with Crippen molar-refractivity contribution in [1.29, 1.82) is 0 Å². The van der Waals surface area contributed by atoms with Crippen LogP contribution in [0.15, 0.2) is 95.1 Å². The molecule has 0 N–H and O–H groups in total. The van der Waals surface area contributed by atoms with Crippen molar-refractivity contribution in [3.63, 3.8) is 0 Å². The summed E-state index contributed by atoms with van der Waals surface area (Å²) in [6.45, 7) is 4.37. The van der Waals surface area contributed by atoms with Gasteiger partial charge >= 0.3 is 6.18 Å². The number of benzene rings is 3. The minimum absolute atomic E-state index is 0.000819. The molecule has 0 spiro atoms. The third-order valence-corrected chi connectivity index (χ3v) is 10.4. The Hall–Kier alpha value is -2.82. The normalized spacial score (nSPS) is 20.3. The number of hydrogen-bond donors (Lipinski definition) is 0. The van der Waals surface area contributed by atoms with Gasteiger partial charge in [-0.2, -0.15) is 13.2 Å². The van der Waals surface area contributed by atoms with E-state index in [0.717, 1.165) is 54.5 Å². The van der Waals surface area contributed by atoms with Crippen molar-refractivity contribution in [3.8, 4) is 0 Å². The summed E-state index contributed by atoms with van der Waals surface area (Å²) in [4.78, 5) is 2.18. The molecule has 0 radical (unpaired) electrons. The molecular formula is C31H34F3N2OP. The summed E-state index contributed by atoms with van der Waals surface area (Å²) in [6.07, 6.45) is 0.739. The Labute approximate surface area is 223 Å². The fourth-order valence-corrected chi connectivity index (χ4v) is 8.74. The second-order valence-electron chi connectivity index (χ2n) is 10.7. The Bertz CT molecular complexity index is 1380. The molecule has 1 fully saturated rings. The highest BCUT2D eigenvalue weighted by molar-refractivity contribution is 7.72. The zero-order chi connectivity index (χ0) is 27.0. The van der Waals surface area contributed by atoms with Gasteiger partial charge in [-0.25, -0.2) is 4.74 Å². The van der Waals surface area contributed by atoms with E-state index in [4.69, 9.17) is 9.27 Å². The molecule has 0 aromatic heterocycles. The molecule has 3 nitrogen and oxygen atoms in total. The van der Waals surface area contributed by atoms with Gasteiger partial charge in [0.1, 0.15) is 7.28 Å². The van der Waals surface area contributed by atoms with E-state index in [1.807, 2.05) is 49.5 Å². The number of allylic oxidation sites excluding steroid dienone is 1. The van der Waals surface area contributed by atoms with Crippen molar-refractivity contribution in [3.05, 3.63) is 102 Å². The number of nitrogens with zero attached hydrogens (tertiary/aromatic N) is 2. The summed E-state index contributed by atoms with van der Waals surface area (Å²) in [5.74, 6) is 2.15. The molecule has 1 unspecified atom stereocenters. The molecule has 0 saturated heterocycles. The number of anilines is 1. The van der Waals surface area contributed by atoms with Crippen molar-refractivity contribution in [1.82, 2.24) is 0 Å². The Morgan fingerprint density at radius 1 is 0.921 bits per heavy atom. The molecule has 3 aromatic rings. The molecule has 38 heavy (non-hydrogen) atoms. The van der Waals surface area contributed by atoms with E-state index in [2.05, 4.69) is 36.7 Å². The van der Waals surface area contributed by atoms with Crippen molar-refractivity contribution in [2.45, 2.75) is 63.6 Å². The summed E-state index contributed by atoms with van der Waals surface area (Å²) in [6, 6.07) is 23.5. The molecular weight excluding hydrogens is 504 g/mol. The molecule has 1 aliphatic heterocycles. The Balaban J connectivity index is 1.77. The van der Waals surface area contributed by atoms with Gasteiger partial charge in [-0.05, 0) is 42.7 Å². The lowest BCUT2D eigenvalue weighted by Crippen LogP contribution is -2.25. The summed E-state index contributed by atoms with van der Waals surface area (Å²) in [5.41, 5.74) is 2.61. The highest BCUT2D eigenvalue weighted by atomic mass is 31.2. The van der Waals surface area contributed by atoms with Gasteiger partial charge in [0.2, 0.25) is 0 Å². The third-order valence-electron chi connectivity index (χ3n) is 7.66. The second kappa shape index (κ2) is 10.4. The molecule has 1 heterocycles. The van der Waals surface area contributed by atoms with Crippen LogP contribution in [0.1, 0.15) is 57.1 Å². The maximum Gasteiger partial charge on any atom is 0.416 e. The van der Waals surface area contributed by atoms with Gasteiger partial charge in [0.15, 0.2) is 0 Å². The predicted octanol–water partition coefficient (Wildman–Crippen LogP) is 9.40. The maximum atomic E-state index is 13.6. The van der Waals surface area contributed by atoms with E-state index >= 15 is 0 Å². The lowest BCUT2D eigenvalue weighted by molar-refractivity contribution is -0.137. The number of para-hydroxylation sites is 1. The molecule has 1 aliphatic carbocycles. The highest BCUT2D eigenvalue weighted by Gasteiger charge is 2.41. The Morgan fingerprint density at radius 2 is 1.61 bits per heavy atom. The predicted molar refractivity (Wildman–Crippen MR) is 150 cm³/mol. The standard InChI is InChI=1S/C31H34F3N2OP/c1-30(2)27-19-10-11-20-28(27)36(3)29(30)22-38(26-17-8-5-9-18-26,37-25-15-6-4-7-16-25)35-24-14-12-13-23(21-24)31(32,33)34/h5,8-14,17-22,25H,4,6-7,15-16H2,1-3H3. The SMILES string of the molecule is CN1C(=CP(=Nc2cccc(C(F)(F)F)c2)(OC2CCCCC2)c2ccccc2)C(C)(C)c2ccccc21. The van der Waals surface area contributed by atoms with Crippen LogP contribution >= 0.6 is 7.28 Å². The first-order valence-electron chi connectivity index (χ1n) is 13.2. The molecule has 1 saturated carbocycles. The quantitative estimate of drug-likeness (QED) is 0.302. The molecule has 200 valence electrons. The van der Waals surface area contributed by atoms with Crippen LogP contribution in [0.4, 0.5) is 24.5 Å². The van der Waals surface area contributed by atoms with Gasteiger partial charge in [-0.3, -0.25) is 0 Å². The number of fused-ring (bicyclic) bond motifs is 1. The van der Waals surface area contributed by atoms with Gasteiger partial charge in [0.25, 0.3) is 0 Å². The minimum atomic E-state index is -4.45. The largest absolute Gasteiger partial charge is 0.416 e. The Morgan fingerprint density at radius 3 is 2.29 bits per heavy atom. The topological polar surface area (TPSA) is 24.8 Å². The van der Waals surface area contributed by atoms with E-state index in [0.29, 0.717) is 0 Å². The average Bonchev–Trinajstić information content (AvgIpc) is 3.10. The number of halogens is 3. The molecule has 3 aromatic carbocycles. The lowest BCUT2D eigenvalue weighted by Gasteiger charge is -2.33. The van der Waals surface area contributed by atoms with E-state index in [-0.39, 0.29) is 17.2 Å². The van der Waals surface area contributed by atoms with Crippen LogP contribution in [-0.4, -0.2) is 13.2 Å². The van der Waals surface area contributed by atoms with Crippen LogP contribution in [0.2, 0.25) is 0 Å². The summed E-state index contributed by atoms with van der Waals surface area (Å²) >= 11 is 0. The summed E-state index contributed by atoms with van der Waals surface area (Å²) in [5, 5.41) is 0.899. The van der Waals surface area contributed by atoms with Crippen LogP contribution in [0.5, 0.6) is 0 Å².